The Kier molecular flexibility index (Phi) is 5.50. The fourth-order valence-electron chi connectivity index (χ4n) is 6.90. The van der Waals surface area contributed by atoms with Crippen molar-refractivity contribution in [1.82, 2.24) is 14.2 Å². The van der Waals surface area contributed by atoms with Crippen molar-refractivity contribution in [3.8, 4) is 39.2 Å². The van der Waals surface area contributed by atoms with Crippen LogP contribution < -0.4 is 0 Å². The summed E-state index contributed by atoms with van der Waals surface area (Å²) in [7, 11) is 0. The molecule has 9 rings (SSSR count). The van der Waals surface area contributed by atoms with E-state index in [2.05, 4.69) is 167 Å². The molecule has 0 amide bonds. The molecule has 0 bridgehead atoms. The summed E-state index contributed by atoms with van der Waals surface area (Å²) >= 11 is 0. The van der Waals surface area contributed by atoms with Crippen LogP contribution in [0.1, 0.15) is 0 Å². The summed E-state index contributed by atoms with van der Waals surface area (Å²) in [6.45, 7) is 0. The molecule has 0 aliphatic rings. The number of aromatic nitrogens is 3. The van der Waals surface area contributed by atoms with Crippen molar-refractivity contribution in [2.45, 2.75) is 0 Å². The second kappa shape index (κ2) is 9.82. The molecule has 3 heteroatoms. The summed E-state index contributed by atoms with van der Waals surface area (Å²) < 4.78 is 4.54. The Hall–Kier alpha value is -5.93. The first-order chi connectivity index (χ1) is 21.9. The van der Waals surface area contributed by atoms with Crippen LogP contribution >= 0.6 is 0 Å². The zero-order chi connectivity index (χ0) is 29.0. The Morgan fingerprint density at radius 1 is 0.432 bits per heavy atom. The topological polar surface area (TPSA) is 22.2 Å². The van der Waals surface area contributed by atoms with Crippen LogP contribution in [-0.2, 0) is 0 Å². The molecule has 0 aliphatic carbocycles. The van der Waals surface area contributed by atoms with Crippen molar-refractivity contribution in [2.75, 3.05) is 0 Å². The van der Waals surface area contributed by atoms with Crippen LogP contribution in [0.2, 0.25) is 0 Å². The zero-order valence-corrected chi connectivity index (χ0v) is 23.9. The van der Waals surface area contributed by atoms with Gasteiger partial charge in [0.05, 0.1) is 28.4 Å². The molecule has 0 saturated heterocycles. The summed E-state index contributed by atoms with van der Waals surface area (Å²) in [5, 5.41) is 9.98. The van der Waals surface area contributed by atoms with Crippen LogP contribution in [0.15, 0.2) is 164 Å². The highest BCUT2D eigenvalue weighted by molar-refractivity contribution is 6.13. The van der Waals surface area contributed by atoms with E-state index in [1.165, 1.54) is 38.1 Å². The monoisotopic (exact) mass is 561 g/mol. The number of pyridine rings is 1. The highest BCUT2D eigenvalue weighted by Crippen LogP contribution is 2.43. The molecule has 0 spiro atoms. The fourth-order valence-corrected chi connectivity index (χ4v) is 6.90. The summed E-state index contributed by atoms with van der Waals surface area (Å²) in [5.41, 5.74) is 11.5. The molecule has 3 nitrogen and oxygen atoms in total. The number of hydrogen-bond acceptors (Lipinski definition) is 1. The van der Waals surface area contributed by atoms with Gasteiger partial charge in [0, 0.05) is 38.5 Å². The van der Waals surface area contributed by atoms with E-state index in [4.69, 9.17) is 5.10 Å². The zero-order valence-electron chi connectivity index (χ0n) is 23.9. The van der Waals surface area contributed by atoms with E-state index in [1.54, 1.807) is 0 Å². The standard InChI is InChI=1S/C41H27N3/c1-3-14-28(15-4-1)36-27-42-44-40(29-16-5-2-6-17-29)39(34-22-7-8-23-35(34)41(36)44)30-18-13-19-31(26-30)43-37-24-11-9-20-32(37)33-21-10-12-25-38(33)43/h1-27H. The van der Waals surface area contributed by atoms with Crippen molar-refractivity contribution in [3.63, 3.8) is 0 Å². The Morgan fingerprint density at radius 2 is 0.977 bits per heavy atom. The van der Waals surface area contributed by atoms with Crippen LogP contribution in [0.4, 0.5) is 0 Å². The average molecular weight is 562 g/mol. The second-order valence-electron chi connectivity index (χ2n) is 11.2. The molecule has 3 heterocycles. The number of benzene rings is 6. The maximum absolute atomic E-state index is 5.07. The SMILES string of the molecule is c1ccc(-c2cnn3c(-c4ccccc4)c(-c4cccc(-n5c6ccccc6c6ccccc65)c4)c4ccccc4c23)cc1. The molecule has 44 heavy (non-hydrogen) atoms. The van der Waals surface area contributed by atoms with Gasteiger partial charge in [-0.15, -0.1) is 0 Å². The largest absolute Gasteiger partial charge is 0.309 e. The van der Waals surface area contributed by atoms with E-state index in [0.29, 0.717) is 0 Å². The number of fused-ring (bicyclic) bond motifs is 6. The minimum Gasteiger partial charge on any atom is -0.309 e. The normalized spacial score (nSPS) is 11.6. The maximum Gasteiger partial charge on any atom is 0.0826 e. The molecular weight excluding hydrogens is 534 g/mol. The van der Waals surface area contributed by atoms with Crippen LogP contribution in [0.3, 0.4) is 0 Å². The highest BCUT2D eigenvalue weighted by Gasteiger charge is 2.22. The van der Waals surface area contributed by atoms with Crippen LogP contribution in [0, 0.1) is 0 Å². The fraction of sp³-hybridized carbons (Fsp3) is 0. The lowest BCUT2D eigenvalue weighted by Gasteiger charge is -2.18. The molecule has 0 saturated carbocycles. The van der Waals surface area contributed by atoms with Gasteiger partial charge >= 0.3 is 0 Å². The third kappa shape index (κ3) is 3.66. The third-order valence-corrected chi connectivity index (χ3v) is 8.77. The predicted molar refractivity (Wildman–Crippen MR) is 183 cm³/mol. The van der Waals surface area contributed by atoms with E-state index >= 15 is 0 Å². The molecule has 6 aromatic carbocycles. The number of nitrogens with zero attached hydrogens (tertiary/aromatic N) is 3. The van der Waals surface area contributed by atoms with Gasteiger partial charge in [-0.1, -0.05) is 133 Å². The molecule has 0 fully saturated rings. The summed E-state index contributed by atoms with van der Waals surface area (Å²) in [6.07, 6.45) is 2.02. The van der Waals surface area contributed by atoms with Crippen LogP contribution in [-0.4, -0.2) is 14.2 Å². The number of hydrogen-bond donors (Lipinski definition) is 0. The average Bonchev–Trinajstić information content (AvgIpc) is 3.69. The number of para-hydroxylation sites is 2. The first-order valence-electron chi connectivity index (χ1n) is 15.0. The van der Waals surface area contributed by atoms with Gasteiger partial charge < -0.3 is 4.57 Å². The van der Waals surface area contributed by atoms with Gasteiger partial charge in [-0.2, -0.15) is 5.10 Å². The van der Waals surface area contributed by atoms with Gasteiger partial charge in [0.1, 0.15) is 0 Å². The smallest absolute Gasteiger partial charge is 0.0826 e. The first-order valence-corrected chi connectivity index (χ1v) is 15.0. The molecule has 0 atom stereocenters. The molecule has 206 valence electrons. The first kappa shape index (κ1) is 24.6. The summed E-state index contributed by atoms with van der Waals surface area (Å²) in [5.74, 6) is 0. The van der Waals surface area contributed by atoms with Gasteiger partial charge in [-0.3, -0.25) is 0 Å². The summed E-state index contributed by atoms with van der Waals surface area (Å²) in [6, 6.07) is 56.3. The maximum atomic E-state index is 5.07. The Labute approximate surface area is 254 Å². The van der Waals surface area contributed by atoms with E-state index < -0.39 is 0 Å². The lowest BCUT2D eigenvalue weighted by atomic mass is 9.92. The second-order valence-corrected chi connectivity index (χ2v) is 11.2. The Bertz CT molecular complexity index is 2430. The Balaban J connectivity index is 1.39. The van der Waals surface area contributed by atoms with Gasteiger partial charge in [-0.25, -0.2) is 4.52 Å². The molecule has 0 aliphatic heterocycles. The molecule has 0 radical (unpaired) electrons. The van der Waals surface area contributed by atoms with Crippen molar-refractivity contribution in [1.29, 1.82) is 0 Å². The lowest BCUT2D eigenvalue weighted by Crippen LogP contribution is -2.01. The third-order valence-electron chi connectivity index (χ3n) is 8.77. The summed E-state index contributed by atoms with van der Waals surface area (Å²) in [4.78, 5) is 0. The van der Waals surface area contributed by atoms with E-state index in [0.717, 1.165) is 39.2 Å². The van der Waals surface area contributed by atoms with Crippen LogP contribution in [0.5, 0.6) is 0 Å². The molecule has 9 aromatic rings. The van der Waals surface area contributed by atoms with Gasteiger partial charge in [-0.05, 0) is 40.8 Å². The predicted octanol–water partition coefficient (Wildman–Crippen LogP) is 10.6. The van der Waals surface area contributed by atoms with Crippen molar-refractivity contribution in [2.24, 2.45) is 0 Å². The van der Waals surface area contributed by atoms with Crippen molar-refractivity contribution < 1.29 is 0 Å². The van der Waals surface area contributed by atoms with Crippen LogP contribution in [0.25, 0.3) is 77.3 Å². The van der Waals surface area contributed by atoms with Gasteiger partial charge in [0.15, 0.2) is 0 Å². The number of rotatable bonds is 4. The minimum absolute atomic E-state index is 1.08. The highest BCUT2D eigenvalue weighted by atomic mass is 15.2. The van der Waals surface area contributed by atoms with Gasteiger partial charge in [0.25, 0.3) is 0 Å². The van der Waals surface area contributed by atoms with Crippen molar-refractivity contribution >= 4 is 38.1 Å². The van der Waals surface area contributed by atoms with Gasteiger partial charge in [0.2, 0.25) is 0 Å². The lowest BCUT2D eigenvalue weighted by molar-refractivity contribution is 0.976. The van der Waals surface area contributed by atoms with E-state index in [1.807, 2.05) is 6.20 Å². The quantitative estimate of drug-likeness (QED) is 0.209. The molecule has 0 unspecified atom stereocenters. The van der Waals surface area contributed by atoms with E-state index in [9.17, 15) is 0 Å². The Morgan fingerprint density at radius 3 is 1.66 bits per heavy atom. The van der Waals surface area contributed by atoms with Crippen molar-refractivity contribution in [3.05, 3.63) is 164 Å². The molecule has 3 aromatic heterocycles. The van der Waals surface area contributed by atoms with E-state index in [-0.39, 0.29) is 0 Å². The minimum atomic E-state index is 1.08. The molecule has 0 N–H and O–H groups in total. The molecular formula is C41H27N3.